The maximum Gasteiger partial charge on any atom is 0.419 e. The highest BCUT2D eigenvalue weighted by atomic mass is 19.4. The highest BCUT2D eigenvalue weighted by Gasteiger charge is 2.35. The van der Waals surface area contributed by atoms with Crippen molar-refractivity contribution in [3.05, 3.63) is 42.0 Å². The molecule has 3 nitrogen and oxygen atoms in total. The summed E-state index contributed by atoms with van der Waals surface area (Å²) >= 11 is 0. The number of ether oxygens (including phenoxy) is 1. The molecular weight excluding hydrogens is 235 g/mol. The first-order valence-electron chi connectivity index (χ1n) is 4.61. The van der Waals surface area contributed by atoms with E-state index in [1.54, 1.807) is 0 Å². The van der Waals surface area contributed by atoms with Gasteiger partial charge in [-0.05, 0) is 18.2 Å². The first kappa shape index (κ1) is 13.1. The van der Waals surface area contributed by atoms with Gasteiger partial charge < -0.3 is 10.5 Å². The second-order valence-corrected chi connectivity index (χ2v) is 3.17. The largest absolute Gasteiger partial charge is 0.489 e. The van der Waals surface area contributed by atoms with Crippen LogP contribution in [0, 0.1) is 0 Å². The molecule has 2 N–H and O–H groups in total. The second kappa shape index (κ2) is 4.90. The van der Waals surface area contributed by atoms with Crippen LogP contribution in [-0.4, -0.2) is 12.5 Å². The third-order valence-electron chi connectivity index (χ3n) is 1.93. The molecule has 0 aliphatic carbocycles. The maximum atomic E-state index is 12.7. The van der Waals surface area contributed by atoms with E-state index < -0.39 is 17.6 Å². The van der Waals surface area contributed by atoms with Gasteiger partial charge in [0.2, 0.25) is 5.91 Å². The number of carbonyl (C=O) groups is 1. The molecule has 1 aromatic carbocycles. The van der Waals surface area contributed by atoms with Crippen LogP contribution in [0.1, 0.15) is 15.9 Å². The fourth-order valence-electron chi connectivity index (χ4n) is 1.18. The highest BCUT2D eigenvalue weighted by molar-refractivity contribution is 5.93. The molecule has 0 fully saturated rings. The van der Waals surface area contributed by atoms with Gasteiger partial charge in [0.05, 0.1) is 5.56 Å². The lowest BCUT2D eigenvalue weighted by Crippen LogP contribution is -2.14. The number of hydrogen-bond donors (Lipinski definition) is 1. The van der Waals surface area contributed by atoms with E-state index in [4.69, 9.17) is 10.5 Å². The number of carbonyl (C=O) groups excluding carboxylic acids is 1. The van der Waals surface area contributed by atoms with Crippen molar-refractivity contribution in [2.45, 2.75) is 6.18 Å². The Labute approximate surface area is 95.7 Å². The Balaban J connectivity index is 3.21. The summed E-state index contributed by atoms with van der Waals surface area (Å²) < 4.78 is 42.8. The van der Waals surface area contributed by atoms with Crippen LogP contribution < -0.4 is 10.5 Å². The van der Waals surface area contributed by atoms with Crippen LogP contribution in [0.3, 0.4) is 0 Å². The number of hydrogen-bond acceptors (Lipinski definition) is 2. The van der Waals surface area contributed by atoms with Crippen molar-refractivity contribution < 1.29 is 22.7 Å². The van der Waals surface area contributed by atoms with Crippen molar-refractivity contribution in [2.75, 3.05) is 6.61 Å². The summed E-state index contributed by atoms with van der Waals surface area (Å²) in [7, 11) is 0. The molecular formula is C11H10F3NO2. The summed E-state index contributed by atoms with van der Waals surface area (Å²) in [4.78, 5) is 10.8. The van der Waals surface area contributed by atoms with Crippen molar-refractivity contribution in [1.82, 2.24) is 0 Å². The SMILES string of the molecule is C=CCOc1ccc(C(N)=O)cc1C(F)(F)F. The fourth-order valence-corrected chi connectivity index (χ4v) is 1.18. The molecule has 0 bridgehead atoms. The van der Waals surface area contributed by atoms with Gasteiger partial charge in [0.15, 0.2) is 0 Å². The van der Waals surface area contributed by atoms with Gasteiger partial charge in [-0.25, -0.2) is 0 Å². The van der Waals surface area contributed by atoms with Crippen LogP contribution in [0.4, 0.5) is 13.2 Å². The molecule has 1 amide bonds. The third-order valence-corrected chi connectivity index (χ3v) is 1.93. The number of primary amides is 1. The molecule has 0 saturated carbocycles. The van der Waals surface area contributed by atoms with Crippen LogP contribution in [0.5, 0.6) is 5.75 Å². The highest BCUT2D eigenvalue weighted by Crippen LogP contribution is 2.36. The lowest BCUT2D eigenvalue weighted by Gasteiger charge is -2.13. The molecule has 1 rings (SSSR count). The van der Waals surface area contributed by atoms with E-state index in [0.717, 1.165) is 6.07 Å². The first-order valence-corrected chi connectivity index (χ1v) is 4.61. The van der Waals surface area contributed by atoms with Crippen molar-refractivity contribution in [2.24, 2.45) is 5.73 Å². The average molecular weight is 245 g/mol. The number of alkyl halides is 3. The number of nitrogens with two attached hydrogens (primary N) is 1. The lowest BCUT2D eigenvalue weighted by molar-refractivity contribution is -0.138. The van der Waals surface area contributed by atoms with Crippen molar-refractivity contribution in [3.8, 4) is 5.75 Å². The summed E-state index contributed by atoms with van der Waals surface area (Å²) in [5.74, 6) is -1.28. The monoisotopic (exact) mass is 245 g/mol. The Hall–Kier alpha value is -1.98. The number of halogens is 3. The summed E-state index contributed by atoms with van der Waals surface area (Å²) in [6.07, 6.45) is -3.29. The Bertz CT molecular complexity index is 441. The fraction of sp³-hybridized carbons (Fsp3) is 0.182. The third kappa shape index (κ3) is 3.24. The quantitative estimate of drug-likeness (QED) is 0.828. The summed E-state index contributed by atoms with van der Waals surface area (Å²) in [6, 6.07) is 2.91. The van der Waals surface area contributed by atoms with Crippen LogP contribution in [0.25, 0.3) is 0 Å². The Morgan fingerprint density at radius 3 is 2.59 bits per heavy atom. The Kier molecular flexibility index (Phi) is 3.77. The zero-order chi connectivity index (χ0) is 13.1. The minimum Gasteiger partial charge on any atom is -0.489 e. The molecule has 0 heterocycles. The van der Waals surface area contributed by atoms with Gasteiger partial charge in [-0.15, -0.1) is 0 Å². The number of amides is 1. The number of rotatable bonds is 4. The van der Waals surface area contributed by atoms with Gasteiger partial charge in [0.25, 0.3) is 0 Å². The van der Waals surface area contributed by atoms with Crippen LogP contribution in [0.2, 0.25) is 0 Å². The summed E-state index contributed by atoms with van der Waals surface area (Å²) in [5, 5.41) is 0. The van der Waals surface area contributed by atoms with E-state index in [1.807, 2.05) is 0 Å². The molecule has 0 unspecified atom stereocenters. The molecule has 0 atom stereocenters. The van der Waals surface area contributed by atoms with Gasteiger partial charge in [-0.1, -0.05) is 12.7 Å². The van der Waals surface area contributed by atoms with Gasteiger partial charge in [0.1, 0.15) is 12.4 Å². The predicted molar refractivity (Wildman–Crippen MR) is 55.7 cm³/mol. The zero-order valence-corrected chi connectivity index (χ0v) is 8.75. The van der Waals surface area contributed by atoms with Gasteiger partial charge >= 0.3 is 6.18 Å². The molecule has 0 aliphatic rings. The summed E-state index contributed by atoms with van der Waals surface area (Å²) in [6.45, 7) is 3.28. The maximum absolute atomic E-state index is 12.7. The topological polar surface area (TPSA) is 52.3 Å². The molecule has 0 aromatic heterocycles. The average Bonchev–Trinajstić information content (AvgIpc) is 2.24. The van der Waals surface area contributed by atoms with Gasteiger partial charge in [-0.2, -0.15) is 13.2 Å². The lowest BCUT2D eigenvalue weighted by atomic mass is 10.1. The predicted octanol–water partition coefficient (Wildman–Crippen LogP) is 2.37. The number of benzene rings is 1. The summed E-state index contributed by atoms with van der Waals surface area (Å²) in [5.41, 5.74) is 3.66. The Morgan fingerprint density at radius 1 is 1.47 bits per heavy atom. The van der Waals surface area contributed by atoms with E-state index in [0.29, 0.717) is 6.07 Å². The molecule has 17 heavy (non-hydrogen) atoms. The normalized spacial score (nSPS) is 11.0. The van der Waals surface area contributed by atoms with Crippen molar-refractivity contribution in [3.63, 3.8) is 0 Å². The first-order chi connectivity index (χ1) is 7.86. The van der Waals surface area contributed by atoms with Crippen LogP contribution in [0.15, 0.2) is 30.9 Å². The van der Waals surface area contributed by atoms with Crippen LogP contribution in [-0.2, 0) is 6.18 Å². The standard InChI is InChI=1S/C11H10F3NO2/c1-2-5-17-9-4-3-7(10(15)16)6-8(9)11(12,13)14/h2-4,6H,1,5H2,(H2,15,16). The molecule has 0 radical (unpaired) electrons. The molecule has 0 spiro atoms. The smallest absolute Gasteiger partial charge is 0.419 e. The molecule has 6 heteroatoms. The molecule has 0 aliphatic heterocycles. The van der Waals surface area contributed by atoms with Crippen molar-refractivity contribution in [1.29, 1.82) is 0 Å². The van der Waals surface area contributed by atoms with E-state index in [-0.39, 0.29) is 17.9 Å². The van der Waals surface area contributed by atoms with Crippen molar-refractivity contribution >= 4 is 5.91 Å². The Morgan fingerprint density at radius 2 is 2.12 bits per heavy atom. The van der Waals surface area contributed by atoms with E-state index in [2.05, 4.69) is 6.58 Å². The molecule has 92 valence electrons. The van der Waals surface area contributed by atoms with E-state index >= 15 is 0 Å². The van der Waals surface area contributed by atoms with Crippen LogP contribution >= 0.6 is 0 Å². The van der Waals surface area contributed by atoms with E-state index in [9.17, 15) is 18.0 Å². The zero-order valence-electron chi connectivity index (χ0n) is 8.75. The molecule has 0 saturated heterocycles. The van der Waals surface area contributed by atoms with Gasteiger partial charge in [-0.3, -0.25) is 4.79 Å². The minimum absolute atomic E-state index is 0.0565. The van der Waals surface area contributed by atoms with E-state index in [1.165, 1.54) is 12.1 Å². The van der Waals surface area contributed by atoms with Gasteiger partial charge in [0, 0.05) is 5.56 Å². The second-order valence-electron chi connectivity index (χ2n) is 3.17. The minimum atomic E-state index is -4.61. The molecule has 1 aromatic rings.